The van der Waals surface area contributed by atoms with E-state index in [1.54, 1.807) is 0 Å². The van der Waals surface area contributed by atoms with Crippen molar-refractivity contribution in [3.05, 3.63) is 35.4 Å². The van der Waals surface area contributed by atoms with Crippen LogP contribution >= 0.6 is 0 Å². The van der Waals surface area contributed by atoms with E-state index in [0.29, 0.717) is 5.92 Å². The Bertz CT molecular complexity index is 452. The van der Waals surface area contributed by atoms with Crippen LogP contribution in [-0.2, 0) is 6.42 Å². The van der Waals surface area contributed by atoms with Gasteiger partial charge in [-0.15, -0.1) is 0 Å². The Balaban J connectivity index is 1.98. The molecule has 1 aliphatic rings. The molecule has 0 bridgehead atoms. The summed E-state index contributed by atoms with van der Waals surface area (Å²) in [6.07, 6.45) is 7.36. The molecule has 3 nitrogen and oxygen atoms in total. The second-order valence-corrected chi connectivity index (χ2v) is 6.17. The zero-order valence-electron chi connectivity index (χ0n) is 13.3. The summed E-state index contributed by atoms with van der Waals surface area (Å²) in [5, 5.41) is 6.37. The van der Waals surface area contributed by atoms with Gasteiger partial charge in [0.15, 0.2) is 0 Å². The number of hydrogen-bond donors (Lipinski definition) is 2. The quantitative estimate of drug-likeness (QED) is 0.844. The molecule has 1 aromatic rings. The highest BCUT2D eigenvalue weighted by Gasteiger charge is 2.22. The second-order valence-electron chi connectivity index (χ2n) is 6.17. The fourth-order valence-electron chi connectivity index (χ4n) is 3.26. The van der Waals surface area contributed by atoms with E-state index in [0.717, 1.165) is 24.1 Å². The Morgan fingerprint density at radius 2 is 1.95 bits per heavy atom. The molecule has 0 heterocycles. The van der Waals surface area contributed by atoms with E-state index in [4.69, 9.17) is 0 Å². The molecule has 3 heteroatoms. The van der Waals surface area contributed by atoms with Crippen LogP contribution in [0.3, 0.4) is 0 Å². The average molecular weight is 288 g/mol. The van der Waals surface area contributed by atoms with E-state index in [9.17, 15) is 4.79 Å². The summed E-state index contributed by atoms with van der Waals surface area (Å²) >= 11 is 0. The number of hydrogen-bond acceptors (Lipinski definition) is 2. The lowest BCUT2D eigenvalue weighted by Gasteiger charge is -2.28. The molecule has 0 aromatic heterocycles. The van der Waals surface area contributed by atoms with Crippen LogP contribution < -0.4 is 10.6 Å². The molecule has 0 aliphatic heterocycles. The predicted molar refractivity (Wildman–Crippen MR) is 87.6 cm³/mol. The summed E-state index contributed by atoms with van der Waals surface area (Å²) in [6.45, 7) is 3.05. The molecule has 21 heavy (non-hydrogen) atoms. The van der Waals surface area contributed by atoms with Gasteiger partial charge in [0.25, 0.3) is 5.91 Å². The highest BCUT2D eigenvalue weighted by molar-refractivity contribution is 5.95. The highest BCUT2D eigenvalue weighted by atomic mass is 16.1. The van der Waals surface area contributed by atoms with Crippen molar-refractivity contribution in [3.8, 4) is 0 Å². The van der Waals surface area contributed by atoms with E-state index in [1.165, 1.54) is 32.1 Å². The maximum Gasteiger partial charge on any atom is 0.251 e. The lowest BCUT2D eigenvalue weighted by atomic mass is 9.84. The van der Waals surface area contributed by atoms with Crippen LogP contribution in [0, 0.1) is 5.92 Å². The molecule has 1 amide bonds. The smallest absolute Gasteiger partial charge is 0.251 e. The van der Waals surface area contributed by atoms with Gasteiger partial charge in [-0.1, -0.05) is 37.5 Å². The van der Waals surface area contributed by atoms with Crippen molar-refractivity contribution in [1.82, 2.24) is 10.6 Å². The van der Waals surface area contributed by atoms with Crippen LogP contribution in [0.4, 0.5) is 0 Å². The monoisotopic (exact) mass is 288 g/mol. The van der Waals surface area contributed by atoms with Crippen molar-refractivity contribution in [1.29, 1.82) is 0 Å². The third kappa shape index (κ3) is 4.57. The van der Waals surface area contributed by atoms with Gasteiger partial charge >= 0.3 is 0 Å². The van der Waals surface area contributed by atoms with Gasteiger partial charge in [0, 0.05) is 11.6 Å². The molecule has 1 atom stereocenters. The third-order valence-electron chi connectivity index (χ3n) is 4.62. The summed E-state index contributed by atoms with van der Waals surface area (Å²) in [6, 6.07) is 8.22. The Morgan fingerprint density at radius 3 is 2.67 bits per heavy atom. The number of amides is 1. The van der Waals surface area contributed by atoms with Gasteiger partial charge in [0.2, 0.25) is 0 Å². The van der Waals surface area contributed by atoms with Gasteiger partial charge < -0.3 is 10.6 Å². The molecule has 1 unspecified atom stereocenters. The van der Waals surface area contributed by atoms with E-state index in [-0.39, 0.29) is 11.9 Å². The number of carbonyl (C=O) groups excluding carboxylic acids is 1. The molecule has 1 aromatic carbocycles. The van der Waals surface area contributed by atoms with Crippen molar-refractivity contribution < 1.29 is 4.79 Å². The Morgan fingerprint density at radius 1 is 1.24 bits per heavy atom. The minimum atomic E-state index is 0.0831. The molecule has 1 fully saturated rings. The lowest BCUT2D eigenvalue weighted by Crippen LogP contribution is -2.39. The SMILES string of the molecule is CNCCc1ccccc1C(=O)NC(C)C1CCCCC1. The first-order valence-electron chi connectivity index (χ1n) is 8.25. The van der Waals surface area contributed by atoms with Crippen LogP contribution in [-0.4, -0.2) is 25.5 Å². The zero-order valence-corrected chi connectivity index (χ0v) is 13.3. The minimum absolute atomic E-state index is 0.0831. The van der Waals surface area contributed by atoms with Crippen LogP contribution in [0.25, 0.3) is 0 Å². The Labute approximate surface area is 128 Å². The Kier molecular flexibility index (Phi) is 6.24. The molecule has 2 N–H and O–H groups in total. The highest BCUT2D eigenvalue weighted by Crippen LogP contribution is 2.26. The molecule has 1 aliphatic carbocycles. The van der Waals surface area contributed by atoms with E-state index in [1.807, 2.05) is 25.2 Å². The topological polar surface area (TPSA) is 41.1 Å². The fraction of sp³-hybridized carbons (Fsp3) is 0.611. The molecule has 1 saturated carbocycles. The van der Waals surface area contributed by atoms with E-state index < -0.39 is 0 Å². The van der Waals surface area contributed by atoms with E-state index >= 15 is 0 Å². The van der Waals surface area contributed by atoms with Crippen molar-refractivity contribution in [2.24, 2.45) is 5.92 Å². The normalized spacial score (nSPS) is 17.4. The summed E-state index contributed by atoms with van der Waals surface area (Å²) in [7, 11) is 1.94. The van der Waals surface area contributed by atoms with Gasteiger partial charge in [0.1, 0.15) is 0 Å². The standard InChI is InChI=1S/C18H28N2O/c1-14(15-8-4-3-5-9-15)20-18(21)17-11-7-6-10-16(17)12-13-19-2/h6-7,10-11,14-15,19H,3-5,8-9,12-13H2,1-2H3,(H,20,21). The fourth-order valence-corrected chi connectivity index (χ4v) is 3.26. The average Bonchev–Trinajstić information content (AvgIpc) is 2.54. The van der Waals surface area contributed by atoms with Crippen LogP contribution in [0.15, 0.2) is 24.3 Å². The second kappa shape index (κ2) is 8.18. The molecular formula is C18H28N2O. The molecule has 116 valence electrons. The molecule has 0 spiro atoms. The van der Waals surface area contributed by atoms with Gasteiger partial charge in [-0.05, 0) is 57.3 Å². The molecular weight excluding hydrogens is 260 g/mol. The summed E-state index contributed by atoms with van der Waals surface area (Å²) in [5.74, 6) is 0.729. The third-order valence-corrected chi connectivity index (χ3v) is 4.62. The summed E-state index contributed by atoms with van der Waals surface area (Å²) in [5.41, 5.74) is 1.95. The summed E-state index contributed by atoms with van der Waals surface area (Å²) < 4.78 is 0. The first-order chi connectivity index (χ1) is 10.2. The summed E-state index contributed by atoms with van der Waals surface area (Å²) in [4.78, 5) is 12.6. The predicted octanol–water partition coefficient (Wildman–Crippen LogP) is 3.15. The number of carbonyl (C=O) groups is 1. The lowest BCUT2D eigenvalue weighted by molar-refractivity contribution is 0.0918. The number of nitrogens with one attached hydrogen (secondary N) is 2. The van der Waals surface area contributed by atoms with Crippen molar-refractivity contribution >= 4 is 5.91 Å². The first-order valence-corrected chi connectivity index (χ1v) is 8.25. The minimum Gasteiger partial charge on any atom is -0.349 e. The van der Waals surface area contributed by atoms with Gasteiger partial charge in [-0.2, -0.15) is 0 Å². The van der Waals surface area contributed by atoms with Crippen LogP contribution in [0.5, 0.6) is 0 Å². The van der Waals surface area contributed by atoms with Gasteiger partial charge in [-0.25, -0.2) is 0 Å². The Hall–Kier alpha value is -1.35. The van der Waals surface area contributed by atoms with Crippen molar-refractivity contribution in [3.63, 3.8) is 0 Å². The van der Waals surface area contributed by atoms with Gasteiger partial charge in [-0.3, -0.25) is 4.79 Å². The van der Waals surface area contributed by atoms with Crippen molar-refractivity contribution in [2.75, 3.05) is 13.6 Å². The van der Waals surface area contributed by atoms with E-state index in [2.05, 4.69) is 23.6 Å². The zero-order chi connectivity index (χ0) is 15.1. The number of likely N-dealkylation sites (N-methyl/N-ethyl adjacent to an activating group) is 1. The van der Waals surface area contributed by atoms with Crippen molar-refractivity contribution in [2.45, 2.75) is 51.5 Å². The maximum atomic E-state index is 12.6. The molecule has 0 saturated heterocycles. The molecule has 0 radical (unpaired) electrons. The number of rotatable bonds is 6. The molecule has 2 rings (SSSR count). The van der Waals surface area contributed by atoms with Crippen LogP contribution in [0.1, 0.15) is 54.9 Å². The first kappa shape index (κ1) is 16.0. The maximum absolute atomic E-state index is 12.6. The largest absolute Gasteiger partial charge is 0.349 e. The van der Waals surface area contributed by atoms with Crippen LogP contribution in [0.2, 0.25) is 0 Å². The number of benzene rings is 1. The van der Waals surface area contributed by atoms with Gasteiger partial charge in [0.05, 0.1) is 0 Å².